The van der Waals surface area contributed by atoms with Crippen LogP contribution in [0, 0.1) is 28.1 Å². The van der Waals surface area contributed by atoms with Crippen molar-refractivity contribution in [3.63, 3.8) is 0 Å². The molecule has 9 heteroatoms. The van der Waals surface area contributed by atoms with Gasteiger partial charge in [0.2, 0.25) is 11.7 Å². The van der Waals surface area contributed by atoms with Gasteiger partial charge in [-0.2, -0.15) is 0 Å². The molecule has 3 saturated carbocycles. The van der Waals surface area contributed by atoms with Crippen LogP contribution in [0.15, 0.2) is 0 Å². The van der Waals surface area contributed by atoms with Gasteiger partial charge in [0.1, 0.15) is 11.6 Å². The molecule has 1 heterocycles. The summed E-state index contributed by atoms with van der Waals surface area (Å²) < 4.78 is 5.44. The fourth-order valence-electron chi connectivity index (χ4n) is 6.95. The number of nitrogens with zero attached hydrogens (tertiary/aromatic N) is 1. The molecule has 4 fully saturated rings. The summed E-state index contributed by atoms with van der Waals surface area (Å²) in [4.78, 5) is 67.3. The summed E-state index contributed by atoms with van der Waals surface area (Å²) in [5.74, 6) is -3.61. The van der Waals surface area contributed by atoms with Crippen LogP contribution in [-0.4, -0.2) is 58.6 Å². The van der Waals surface area contributed by atoms with E-state index in [1.165, 1.54) is 0 Å². The highest BCUT2D eigenvalue weighted by molar-refractivity contribution is 6.40. The first-order chi connectivity index (χ1) is 17.5. The molecule has 3 amide bonds. The first-order valence-corrected chi connectivity index (χ1v) is 14.2. The third kappa shape index (κ3) is 5.34. The zero-order valence-corrected chi connectivity index (χ0v) is 23.9. The summed E-state index contributed by atoms with van der Waals surface area (Å²) in [6, 6.07) is -1.75. The number of nitrogens with two attached hydrogens (primary N) is 1. The van der Waals surface area contributed by atoms with Crippen molar-refractivity contribution in [2.45, 2.75) is 117 Å². The van der Waals surface area contributed by atoms with Gasteiger partial charge >= 0.3 is 6.09 Å². The quantitative estimate of drug-likeness (QED) is 0.363. The number of hydrogen-bond acceptors (Lipinski definition) is 6. The average Bonchev–Trinajstić information content (AvgIpc) is 3.23. The minimum absolute atomic E-state index is 0.146. The van der Waals surface area contributed by atoms with Crippen molar-refractivity contribution in [3.8, 4) is 0 Å². The Morgan fingerprint density at radius 3 is 2.05 bits per heavy atom. The maximum atomic E-state index is 14.2. The zero-order chi connectivity index (χ0) is 28.3. The van der Waals surface area contributed by atoms with Crippen molar-refractivity contribution in [1.29, 1.82) is 0 Å². The van der Waals surface area contributed by atoms with E-state index < -0.39 is 46.8 Å². The van der Waals surface area contributed by atoms with Crippen LogP contribution in [-0.2, 0) is 23.9 Å². The van der Waals surface area contributed by atoms with Crippen molar-refractivity contribution >= 4 is 29.5 Å². The number of hydrogen-bond donors (Lipinski definition) is 2. The molecule has 4 aliphatic rings. The van der Waals surface area contributed by atoms with E-state index in [9.17, 15) is 24.0 Å². The molecule has 3 N–H and O–H groups in total. The molecule has 2 spiro atoms. The van der Waals surface area contributed by atoms with Gasteiger partial charge in [0.25, 0.3) is 5.91 Å². The highest BCUT2D eigenvalue weighted by Crippen LogP contribution is 2.77. The van der Waals surface area contributed by atoms with Gasteiger partial charge in [0, 0.05) is 6.54 Å². The number of Topliss-reactive ketones (excluding diaryl/α,β-unsaturated/α-hetero) is 2. The Morgan fingerprint density at radius 1 is 1.00 bits per heavy atom. The molecule has 0 aromatic carbocycles. The Labute approximate surface area is 226 Å². The number of ether oxygens (including phenoxy) is 1. The van der Waals surface area contributed by atoms with E-state index in [0.29, 0.717) is 19.4 Å². The molecule has 4 atom stereocenters. The summed E-state index contributed by atoms with van der Waals surface area (Å²) in [6.45, 7) is 11.3. The van der Waals surface area contributed by atoms with Crippen LogP contribution in [0.3, 0.4) is 0 Å². The molecule has 1 saturated heterocycles. The first-order valence-electron chi connectivity index (χ1n) is 14.2. The van der Waals surface area contributed by atoms with Crippen molar-refractivity contribution < 1.29 is 28.7 Å². The van der Waals surface area contributed by atoms with Gasteiger partial charge in [-0.25, -0.2) is 4.79 Å². The second-order valence-corrected chi connectivity index (χ2v) is 14.4. The van der Waals surface area contributed by atoms with E-state index in [1.54, 1.807) is 25.7 Å². The van der Waals surface area contributed by atoms with Gasteiger partial charge in [-0.05, 0) is 75.0 Å². The van der Waals surface area contributed by atoms with E-state index in [-0.39, 0.29) is 28.4 Å². The monoisotopic (exact) mass is 531 g/mol. The summed E-state index contributed by atoms with van der Waals surface area (Å²) >= 11 is 0. The van der Waals surface area contributed by atoms with E-state index in [1.807, 2.05) is 20.8 Å². The molecule has 1 aliphatic heterocycles. The van der Waals surface area contributed by atoms with Crippen LogP contribution in [0.25, 0.3) is 0 Å². The maximum absolute atomic E-state index is 14.2. The third-order valence-corrected chi connectivity index (χ3v) is 9.50. The smallest absolute Gasteiger partial charge is 0.408 e. The van der Waals surface area contributed by atoms with Gasteiger partial charge in [-0.1, -0.05) is 46.5 Å². The number of amides is 3. The molecule has 0 bridgehead atoms. The minimum atomic E-state index is -1.13. The van der Waals surface area contributed by atoms with Crippen molar-refractivity contribution in [2.24, 2.45) is 33.8 Å². The largest absolute Gasteiger partial charge is 0.444 e. The Balaban J connectivity index is 1.63. The molecule has 9 nitrogen and oxygen atoms in total. The highest BCUT2D eigenvalue weighted by Gasteiger charge is 2.73. The van der Waals surface area contributed by atoms with Crippen LogP contribution in [0.1, 0.15) is 99.3 Å². The number of alkyl carbamates (subject to hydrolysis) is 1. The van der Waals surface area contributed by atoms with Gasteiger partial charge in [0.15, 0.2) is 5.78 Å². The van der Waals surface area contributed by atoms with Crippen LogP contribution < -0.4 is 11.1 Å². The fourth-order valence-corrected chi connectivity index (χ4v) is 6.95. The van der Waals surface area contributed by atoms with Gasteiger partial charge in [0.05, 0.1) is 12.0 Å². The number of carbonyl (C=O) groups excluding carboxylic acids is 5. The molecule has 38 heavy (non-hydrogen) atoms. The van der Waals surface area contributed by atoms with Gasteiger partial charge in [-0.15, -0.1) is 0 Å². The van der Waals surface area contributed by atoms with E-state index in [4.69, 9.17) is 10.5 Å². The van der Waals surface area contributed by atoms with Crippen LogP contribution in [0.5, 0.6) is 0 Å². The Bertz CT molecular complexity index is 1020. The Kier molecular flexibility index (Phi) is 7.24. The zero-order valence-electron chi connectivity index (χ0n) is 23.9. The number of fused-ring (bicyclic) bond motifs is 1. The highest BCUT2D eigenvalue weighted by atomic mass is 16.6. The molecule has 0 aromatic heterocycles. The van der Waals surface area contributed by atoms with E-state index in [0.717, 1.165) is 44.9 Å². The van der Waals surface area contributed by atoms with E-state index in [2.05, 4.69) is 5.32 Å². The average molecular weight is 532 g/mol. The lowest BCUT2D eigenvalue weighted by atomic mass is 9.73. The molecular formula is C29H45N3O6. The Morgan fingerprint density at radius 2 is 1.63 bits per heavy atom. The van der Waals surface area contributed by atoms with Crippen LogP contribution >= 0.6 is 0 Å². The second-order valence-electron chi connectivity index (χ2n) is 14.4. The number of ketones is 2. The molecule has 3 aliphatic carbocycles. The van der Waals surface area contributed by atoms with Crippen molar-refractivity contribution in [2.75, 3.05) is 6.54 Å². The summed E-state index contributed by atoms with van der Waals surface area (Å²) in [7, 11) is 0. The van der Waals surface area contributed by atoms with Crippen LogP contribution in [0.2, 0.25) is 0 Å². The Hall–Kier alpha value is -2.45. The molecular weight excluding hydrogens is 486 g/mol. The summed E-state index contributed by atoms with van der Waals surface area (Å²) in [6.07, 6.45) is 7.25. The molecule has 4 rings (SSSR count). The number of rotatable bonds is 8. The number of nitrogens with one attached hydrogen (secondary N) is 1. The molecule has 0 aromatic rings. The predicted octanol–water partition coefficient (Wildman–Crippen LogP) is 3.52. The van der Waals surface area contributed by atoms with Crippen molar-refractivity contribution in [1.82, 2.24) is 10.2 Å². The SMILES string of the molecule is CC(C)(C)OC(=O)N[C@H](C(=O)N1C[C@]2(C[C@H]1C(=O)C(CC1CCC1)C(=O)C(N)=O)CC21CCC1)C(C)(C)C. The lowest BCUT2D eigenvalue weighted by Crippen LogP contribution is -2.58. The standard InChI is InChI=1S/C29H45N3O6/c1-26(2,3)22(31-25(37)38-27(4,5)6)24(36)32-16-29(15-28(29)11-8-12-28)14-19(32)20(33)18(21(34)23(30)35)13-17-9-7-10-17/h17-19,22H,7-16H2,1-6H3,(H2,30,35)(H,31,37)/t18?,19-,22+,29-/m0/s1. The van der Waals surface area contributed by atoms with Crippen molar-refractivity contribution in [3.05, 3.63) is 0 Å². The predicted molar refractivity (Wildman–Crippen MR) is 141 cm³/mol. The lowest BCUT2D eigenvalue weighted by molar-refractivity contribution is -0.147. The normalized spacial score (nSPS) is 27.7. The maximum Gasteiger partial charge on any atom is 0.408 e. The van der Waals surface area contributed by atoms with E-state index >= 15 is 0 Å². The number of primary amides is 1. The third-order valence-electron chi connectivity index (χ3n) is 9.50. The van der Waals surface area contributed by atoms with Crippen LogP contribution in [0.4, 0.5) is 4.79 Å². The minimum Gasteiger partial charge on any atom is -0.444 e. The summed E-state index contributed by atoms with van der Waals surface area (Å²) in [5, 5.41) is 2.76. The summed E-state index contributed by atoms with van der Waals surface area (Å²) in [5.41, 5.74) is 3.98. The molecule has 212 valence electrons. The van der Waals surface area contributed by atoms with Gasteiger partial charge < -0.3 is 20.7 Å². The topological polar surface area (TPSA) is 136 Å². The number of likely N-dealkylation sites (tertiary alicyclic amines) is 1. The van der Waals surface area contributed by atoms with Gasteiger partial charge in [-0.3, -0.25) is 19.2 Å². The fraction of sp³-hybridized carbons (Fsp3) is 0.828. The first kappa shape index (κ1) is 28.6. The second kappa shape index (κ2) is 9.63. The molecule has 1 unspecified atom stereocenters. The lowest BCUT2D eigenvalue weighted by Gasteiger charge is -2.37. The number of carbonyl (C=O) groups is 5. The molecule has 0 radical (unpaired) electrons.